The summed E-state index contributed by atoms with van der Waals surface area (Å²) < 4.78 is 13.0. The molecule has 4 heteroatoms. The van der Waals surface area contributed by atoms with E-state index in [0.717, 1.165) is 11.8 Å². The van der Waals surface area contributed by atoms with Crippen molar-refractivity contribution in [3.05, 3.63) is 53.1 Å². The highest BCUT2D eigenvalue weighted by Gasteiger charge is 2.04. The molecule has 0 bridgehead atoms. The number of hydrogen-bond donors (Lipinski definition) is 0. The van der Waals surface area contributed by atoms with Crippen molar-refractivity contribution in [1.82, 2.24) is 4.98 Å². The molecule has 2 nitrogen and oxygen atoms in total. The topological polar surface area (TPSA) is 36.7 Å². The molecule has 0 aliphatic heterocycles. The van der Waals surface area contributed by atoms with Gasteiger partial charge in [0.1, 0.15) is 11.9 Å². The van der Waals surface area contributed by atoms with Crippen molar-refractivity contribution in [2.45, 2.75) is 0 Å². The highest BCUT2D eigenvalue weighted by atomic mass is 35.5. The molecule has 0 aliphatic rings. The van der Waals surface area contributed by atoms with Crippen LogP contribution in [0.5, 0.6) is 0 Å². The van der Waals surface area contributed by atoms with Crippen LogP contribution in [0.25, 0.3) is 11.1 Å². The Hall–Kier alpha value is -1.92. The molecule has 78 valence electrons. The molecule has 0 atom stereocenters. The number of pyridine rings is 1. The summed E-state index contributed by atoms with van der Waals surface area (Å²) in [5.41, 5.74) is 1.76. The third-order valence-electron chi connectivity index (χ3n) is 2.13. The van der Waals surface area contributed by atoms with Crippen molar-refractivity contribution in [2.24, 2.45) is 0 Å². The first-order chi connectivity index (χ1) is 7.70. The standard InChI is InChI=1S/C12H6ClFN2/c13-12-4-8(1-2-9(12)5-15)10-3-11(14)7-16-6-10/h1-4,6-7H. The van der Waals surface area contributed by atoms with E-state index < -0.39 is 5.82 Å². The second-order valence-corrected chi connectivity index (χ2v) is 3.61. The van der Waals surface area contributed by atoms with Gasteiger partial charge in [0.15, 0.2) is 0 Å². The molecule has 16 heavy (non-hydrogen) atoms. The lowest BCUT2D eigenvalue weighted by molar-refractivity contribution is 0.622. The van der Waals surface area contributed by atoms with Crippen LogP contribution in [0.1, 0.15) is 5.56 Å². The summed E-state index contributed by atoms with van der Waals surface area (Å²) in [6, 6.07) is 8.26. The molecular weight excluding hydrogens is 227 g/mol. The molecule has 2 aromatic rings. The Morgan fingerprint density at radius 2 is 2.00 bits per heavy atom. The van der Waals surface area contributed by atoms with E-state index >= 15 is 0 Å². The average Bonchev–Trinajstić information content (AvgIpc) is 2.29. The summed E-state index contributed by atoms with van der Waals surface area (Å²) in [6.45, 7) is 0. The van der Waals surface area contributed by atoms with E-state index in [0.29, 0.717) is 16.1 Å². The SMILES string of the molecule is N#Cc1ccc(-c2cncc(F)c2)cc1Cl. The van der Waals surface area contributed by atoms with Crippen molar-refractivity contribution < 1.29 is 4.39 Å². The van der Waals surface area contributed by atoms with E-state index in [1.807, 2.05) is 6.07 Å². The highest BCUT2D eigenvalue weighted by Crippen LogP contribution is 2.25. The van der Waals surface area contributed by atoms with Crippen LogP contribution in [-0.4, -0.2) is 4.98 Å². The second kappa shape index (κ2) is 4.30. The molecule has 0 saturated carbocycles. The van der Waals surface area contributed by atoms with E-state index in [9.17, 15) is 4.39 Å². The van der Waals surface area contributed by atoms with Crippen LogP contribution < -0.4 is 0 Å². The summed E-state index contributed by atoms with van der Waals surface area (Å²) in [5, 5.41) is 9.07. The number of hydrogen-bond acceptors (Lipinski definition) is 2. The minimum absolute atomic E-state index is 0.351. The Balaban J connectivity index is 2.50. The van der Waals surface area contributed by atoms with Gasteiger partial charge in [-0.2, -0.15) is 5.26 Å². The van der Waals surface area contributed by atoms with Gasteiger partial charge >= 0.3 is 0 Å². The van der Waals surface area contributed by atoms with E-state index in [4.69, 9.17) is 16.9 Å². The fraction of sp³-hybridized carbons (Fsp3) is 0. The maximum Gasteiger partial charge on any atom is 0.142 e. The fourth-order valence-electron chi connectivity index (χ4n) is 1.36. The van der Waals surface area contributed by atoms with Crippen molar-refractivity contribution in [2.75, 3.05) is 0 Å². The number of rotatable bonds is 1. The average molecular weight is 233 g/mol. The normalized spacial score (nSPS) is 9.81. The van der Waals surface area contributed by atoms with Gasteiger partial charge in [-0.1, -0.05) is 17.7 Å². The van der Waals surface area contributed by atoms with E-state index in [1.165, 1.54) is 6.07 Å². The third kappa shape index (κ3) is 2.02. The molecule has 0 amide bonds. The number of nitriles is 1. The monoisotopic (exact) mass is 232 g/mol. The summed E-state index contributed by atoms with van der Waals surface area (Å²) in [5.74, 6) is -0.405. The molecule has 1 aromatic heterocycles. The van der Waals surface area contributed by atoms with Crippen LogP contribution >= 0.6 is 11.6 Å². The zero-order chi connectivity index (χ0) is 11.5. The summed E-state index contributed by atoms with van der Waals surface area (Å²) in [7, 11) is 0. The van der Waals surface area contributed by atoms with Gasteiger partial charge in [-0.25, -0.2) is 4.39 Å². The zero-order valence-electron chi connectivity index (χ0n) is 8.11. The van der Waals surface area contributed by atoms with Gasteiger partial charge in [0, 0.05) is 11.8 Å². The molecule has 0 N–H and O–H groups in total. The number of nitrogens with zero attached hydrogens (tertiary/aromatic N) is 2. The molecular formula is C12H6ClFN2. The molecule has 1 heterocycles. The Morgan fingerprint density at radius 3 is 2.62 bits per heavy atom. The summed E-state index contributed by atoms with van der Waals surface area (Å²) >= 11 is 5.88. The summed E-state index contributed by atoms with van der Waals surface area (Å²) in [4.78, 5) is 3.75. The molecule has 1 aromatic carbocycles. The molecule has 0 aliphatic carbocycles. The molecule has 0 fully saturated rings. The minimum Gasteiger partial charge on any atom is -0.261 e. The quantitative estimate of drug-likeness (QED) is 0.756. The van der Waals surface area contributed by atoms with Gasteiger partial charge in [0.2, 0.25) is 0 Å². The van der Waals surface area contributed by atoms with Crippen molar-refractivity contribution >= 4 is 11.6 Å². The maximum absolute atomic E-state index is 13.0. The molecule has 0 radical (unpaired) electrons. The first kappa shape index (κ1) is 10.6. The lowest BCUT2D eigenvalue weighted by Crippen LogP contribution is -1.84. The maximum atomic E-state index is 13.0. The van der Waals surface area contributed by atoms with Crippen LogP contribution in [-0.2, 0) is 0 Å². The van der Waals surface area contributed by atoms with Crippen LogP contribution in [0.15, 0.2) is 36.7 Å². The van der Waals surface area contributed by atoms with Crippen molar-refractivity contribution in [1.29, 1.82) is 5.26 Å². The van der Waals surface area contributed by atoms with Gasteiger partial charge in [-0.15, -0.1) is 0 Å². The molecule has 0 spiro atoms. The largest absolute Gasteiger partial charge is 0.261 e. The van der Waals surface area contributed by atoms with E-state index in [2.05, 4.69) is 4.98 Å². The van der Waals surface area contributed by atoms with Gasteiger partial charge in [0.25, 0.3) is 0 Å². The fourth-order valence-corrected chi connectivity index (χ4v) is 1.58. The zero-order valence-corrected chi connectivity index (χ0v) is 8.87. The van der Waals surface area contributed by atoms with Crippen LogP contribution in [0.3, 0.4) is 0 Å². The van der Waals surface area contributed by atoms with Gasteiger partial charge < -0.3 is 0 Å². The van der Waals surface area contributed by atoms with Crippen LogP contribution in [0, 0.1) is 17.1 Å². The van der Waals surface area contributed by atoms with Crippen LogP contribution in [0.4, 0.5) is 4.39 Å². The lowest BCUT2D eigenvalue weighted by Gasteiger charge is -2.02. The number of benzene rings is 1. The Labute approximate surface area is 96.9 Å². The minimum atomic E-state index is -0.405. The predicted molar refractivity (Wildman–Crippen MR) is 59.4 cm³/mol. The predicted octanol–water partition coefficient (Wildman–Crippen LogP) is 3.41. The second-order valence-electron chi connectivity index (χ2n) is 3.20. The van der Waals surface area contributed by atoms with Gasteiger partial charge in [0.05, 0.1) is 16.8 Å². The van der Waals surface area contributed by atoms with E-state index in [-0.39, 0.29) is 0 Å². The number of aromatic nitrogens is 1. The van der Waals surface area contributed by atoms with Crippen LogP contribution in [0.2, 0.25) is 5.02 Å². The van der Waals surface area contributed by atoms with Crippen molar-refractivity contribution in [3.63, 3.8) is 0 Å². The first-order valence-corrected chi connectivity index (χ1v) is 4.89. The number of halogens is 2. The lowest BCUT2D eigenvalue weighted by atomic mass is 10.1. The van der Waals surface area contributed by atoms with Gasteiger partial charge in [-0.3, -0.25) is 4.98 Å². The highest BCUT2D eigenvalue weighted by molar-refractivity contribution is 6.32. The molecule has 0 saturated heterocycles. The first-order valence-electron chi connectivity index (χ1n) is 4.51. The van der Waals surface area contributed by atoms with E-state index in [1.54, 1.807) is 24.4 Å². The molecule has 0 unspecified atom stereocenters. The Morgan fingerprint density at radius 1 is 1.19 bits per heavy atom. The van der Waals surface area contributed by atoms with Gasteiger partial charge in [-0.05, 0) is 23.8 Å². The summed E-state index contributed by atoms with van der Waals surface area (Å²) in [6.07, 6.45) is 2.68. The Kier molecular flexibility index (Phi) is 2.84. The third-order valence-corrected chi connectivity index (χ3v) is 2.44. The Bertz CT molecular complexity index is 575. The smallest absolute Gasteiger partial charge is 0.142 e. The molecule has 2 rings (SSSR count). The van der Waals surface area contributed by atoms with Crippen molar-refractivity contribution in [3.8, 4) is 17.2 Å².